The number of H-pyrrole nitrogens is 1. The van der Waals surface area contributed by atoms with Crippen molar-refractivity contribution in [3.63, 3.8) is 0 Å². The molecule has 5 heteroatoms. The first kappa shape index (κ1) is 9.76. The summed E-state index contributed by atoms with van der Waals surface area (Å²) < 4.78 is 24.6. The molecule has 0 amide bonds. The zero-order valence-electron chi connectivity index (χ0n) is 8.04. The first-order valence-electron chi connectivity index (χ1n) is 4.44. The maximum atomic E-state index is 12.3. The smallest absolute Gasteiger partial charge is 0.276 e. The summed E-state index contributed by atoms with van der Waals surface area (Å²) in [7, 11) is 0. The average molecular weight is 209 g/mol. The van der Waals surface area contributed by atoms with E-state index in [-0.39, 0.29) is 5.69 Å². The molecule has 1 N–H and O–H groups in total. The summed E-state index contributed by atoms with van der Waals surface area (Å²) in [5.41, 5.74) is 1.86. The molecule has 2 heterocycles. The number of alkyl halides is 2. The Kier molecular flexibility index (Phi) is 2.45. The Labute approximate surface area is 85.2 Å². The lowest BCUT2D eigenvalue weighted by Crippen LogP contribution is -1.86. The second-order valence-corrected chi connectivity index (χ2v) is 3.15. The number of aryl methyl sites for hydroxylation is 1. The van der Waals surface area contributed by atoms with Crippen LogP contribution in [0.4, 0.5) is 8.78 Å². The minimum atomic E-state index is -2.52. The van der Waals surface area contributed by atoms with E-state index in [0.29, 0.717) is 5.69 Å². The highest BCUT2D eigenvalue weighted by molar-refractivity contribution is 5.61. The van der Waals surface area contributed by atoms with Gasteiger partial charge in [0, 0.05) is 17.5 Å². The highest BCUT2D eigenvalue weighted by Crippen LogP contribution is 2.24. The molecule has 2 aromatic heterocycles. The second-order valence-electron chi connectivity index (χ2n) is 3.15. The number of hydrogen-bond donors (Lipinski definition) is 1. The van der Waals surface area contributed by atoms with E-state index < -0.39 is 6.43 Å². The zero-order valence-corrected chi connectivity index (χ0v) is 8.04. The lowest BCUT2D eigenvalue weighted by Gasteiger charge is -1.98. The van der Waals surface area contributed by atoms with Crippen LogP contribution in [0.2, 0.25) is 0 Å². The maximum Gasteiger partial charge on any atom is 0.279 e. The number of aromatic amines is 1. The van der Waals surface area contributed by atoms with Crippen molar-refractivity contribution < 1.29 is 8.78 Å². The monoisotopic (exact) mass is 209 g/mol. The highest BCUT2D eigenvalue weighted by Gasteiger charge is 2.12. The molecule has 0 radical (unpaired) electrons. The van der Waals surface area contributed by atoms with Crippen molar-refractivity contribution in [1.29, 1.82) is 0 Å². The van der Waals surface area contributed by atoms with Crippen LogP contribution in [0.1, 0.15) is 17.8 Å². The van der Waals surface area contributed by atoms with Gasteiger partial charge in [-0.25, -0.2) is 8.78 Å². The number of rotatable bonds is 2. The van der Waals surface area contributed by atoms with E-state index in [4.69, 9.17) is 0 Å². The molecule has 0 aliphatic rings. The summed E-state index contributed by atoms with van der Waals surface area (Å²) in [6.45, 7) is 1.81. The van der Waals surface area contributed by atoms with Gasteiger partial charge in [0.2, 0.25) is 0 Å². The molecule has 0 unspecified atom stereocenters. The lowest BCUT2D eigenvalue weighted by molar-refractivity contribution is 0.146. The number of aromatic nitrogens is 3. The first-order chi connectivity index (χ1) is 7.18. The van der Waals surface area contributed by atoms with E-state index >= 15 is 0 Å². The average Bonchev–Trinajstić information content (AvgIpc) is 2.67. The van der Waals surface area contributed by atoms with E-state index in [1.165, 1.54) is 6.07 Å². The molecular weight excluding hydrogens is 200 g/mol. The van der Waals surface area contributed by atoms with Crippen molar-refractivity contribution in [2.24, 2.45) is 0 Å². The van der Waals surface area contributed by atoms with Crippen LogP contribution in [0.3, 0.4) is 0 Å². The summed E-state index contributed by atoms with van der Waals surface area (Å²) in [6, 6.07) is 4.89. The number of nitrogens with one attached hydrogen (secondary N) is 1. The van der Waals surface area contributed by atoms with Gasteiger partial charge in [-0.05, 0) is 25.1 Å². The van der Waals surface area contributed by atoms with Crippen LogP contribution in [0, 0.1) is 6.92 Å². The normalized spacial score (nSPS) is 10.9. The fourth-order valence-corrected chi connectivity index (χ4v) is 1.34. The minimum absolute atomic E-state index is 0.173. The van der Waals surface area contributed by atoms with Gasteiger partial charge in [0.1, 0.15) is 5.69 Å². The summed E-state index contributed by atoms with van der Waals surface area (Å²) in [4.78, 5) is 4.07. The third-order valence-electron chi connectivity index (χ3n) is 2.12. The topological polar surface area (TPSA) is 41.6 Å². The molecule has 0 bridgehead atoms. The van der Waals surface area contributed by atoms with Crippen LogP contribution < -0.4 is 0 Å². The molecule has 78 valence electrons. The van der Waals surface area contributed by atoms with Crippen LogP contribution in [0.15, 0.2) is 24.4 Å². The molecule has 0 saturated carbocycles. The Hall–Kier alpha value is -1.78. The predicted molar refractivity (Wildman–Crippen MR) is 51.5 cm³/mol. The molecule has 0 aromatic carbocycles. The van der Waals surface area contributed by atoms with Gasteiger partial charge < -0.3 is 0 Å². The van der Waals surface area contributed by atoms with Gasteiger partial charge in [0.15, 0.2) is 0 Å². The van der Waals surface area contributed by atoms with Crippen LogP contribution in [-0.2, 0) is 0 Å². The SMILES string of the molecule is Cc1ncccc1-c1cc(C(F)F)[nH]n1. The maximum absolute atomic E-state index is 12.3. The van der Waals surface area contributed by atoms with Gasteiger partial charge in [-0.3, -0.25) is 10.1 Å². The highest BCUT2D eigenvalue weighted by atomic mass is 19.3. The standard InChI is InChI=1S/C10H9F2N3/c1-6-7(3-2-4-13-6)8-5-9(10(11)12)15-14-8/h2-5,10H,1H3,(H,14,15). The third kappa shape index (κ3) is 1.86. The van der Waals surface area contributed by atoms with Crippen LogP contribution in [-0.4, -0.2) is 15.2 Å². The summed E-state index contributed by atoms with van der Waals surface area (Å²) in [6.07, 6.45) is -0.872. The Morgan fingerprint density at radius 3 is 2.80 bits per heavy atom. The molecule has 2 rings (SSSR count). The van der Waals surface area contributed by atoms with Gasteiger partial charge in [-0.2, -0.15) is 5.10 Å². The molecule has 0 atom stereocenters. The summed E-state index contributed by atoms with van der Waals surface area (Å²) >= 11 is 0. The van der Waals surface area contributed by atoms with Gasteiger partial charge in [0.05, 0.1) is 5.69 Å². The van der Waals surface area contributed by atoms with Crippen LogP contribution >= 0.6 is 0 Å². The van der Waals surface area contributed by atoms with Gasteiger partial charge in [-0.1, -0.05) is 0 Å². The number of halogens is 2. The molecular formula is C10H9F2N3. The van der Waals surface area contributed by atoms with Crippen molar-refractivity contribution in [1.82, 2.24) is 15.2 Å². The van der Waals surface area contributed by atoms with Crippen LogP contribution in [0.5, 0.6) is 0 Å². The number of hydrogen-bond acceptors (Lipinski definition) is 2. The summed E-state index contributed by atoms with van der Waals surface area (Å²) in [5, 5.41) is 6.13. The van der Waals surface area contributed by atoms with Crippen molar-refractivity contribution in [2.75, 3.05) is 0 Å². The van der Waals surface area contributed by atoms with E-state index in [0.717, 1.165) is 11.3 Å². The zero-order chi connectivity index (χ0) is 10.8. The Bertz CT molecular complexity index is 465. The molecule has 0 saturated heterocycles. The molecule has 0 aliphatic heterocycles. The van der Waals surface area contributed by atoms with Gasteiger partial charge >= 0.3 is 0 Å². The van der Waals surface area contributed by atoms with E-state index in [1.807, 2.05) is 6.92 Å². The molecule has 0 spiro atoms. The van der Waals surface area contributed by atoms with Gasteiger partial charge in [-0.15, -0.1) is 0 Å². The fourth-order valence-electron chi connectivity index (χ4n) is 1.34. The molecule has 15 heavy (non-hydrogen) atoms. The Balaban J connectivity index is 2.42. The van der Waals surface area contributed by atoms with Crippen molar-refractivity contribution in [2.45, 2.75) is 13.3 Å². The lowest BCUT2D eigenvalue weighted by atomic mass is 10.1. The van der Waals surface area contributed by atoms with Crippen LogP contribution in [0.25, 0.3) is 11.3 Å². The van der Waals surface area contributed by atoms with Crippen molar-refractivity contribution in [3.8, 4) is 11.3 Å². The van der Waals surface area contributed by atoms with Crippen molar-refractivity contribution in [3.05, 3.63) is 35.8 Å². The molecule has 2 aromatic rings. The Morgan fingerprint density at radius 2 is 2.20 bits per heavy atom. The molecule has 0 aliphatic carbocycles. The first-order valence-corrected chi connectivity index (χ1v) is 4.44. The summed E-state index contributed by atoms with van der Waals surface area (Å²) in [5.74, 6) is 0. The minimum Gasteiger partial charge on any atom is -0.276 e. The molecule has 0 fully saturated rings. The van der Waals surface area contributed by atoms with E-state index in [9.17, 15) is 8.78 Å². The quantitative estimate of drug-likeness (QED) is 0.826. The Morgan fingerprint density at radius 1 is 1.40 bits per heavy atom. The van der Waals surface area contributed by atoms with Crippen molar-refractivity contribution >= 4 is 0 Å². The largest absolute Gasteiger partial charge is 0.279 e. The third-order valence-corrected chi connectivity index (χ3v) is 2.12. The van der Waals surface area contributed by atoms with E-state index in [2.05, 4.69) is 15.2 Å². The second kappa shape index (κ2) is 3.76. The predicted octanol–water partition coefficient (Wildman–Crippen LogP) is 2.72. The number of pyridine rings is 1. The molecule has 3 nitrogen and oxygen atoms in total. The van der Waals surface area contributed by atoms with E-state index in [1.54, 1.807) is 18.3 Å². The number of nitrogens with zero attached hydrogens (tertiary/aromatic N) is 2. The van der Waals surface area contributed by atoms with Gasteiger partial charge in [0.25, 0.3) is 6.43 Å². The fraction of sp³-hybridized carbons (Fsp3) is 0.200.